The van der Waals surface area contributed by atoms with Crippen molar-refractivity contribution in [2.24, 2.45) is 0 Å². The topological polar surface area (TPSA) is 23.9 Å². The normalized spacial score (nSPS) is 11.9. The van der Waals surface area contributed by atoms with Crippen LogP contribution in [0.5, 0.6) is 0 Å². The molecule has 0 saturated carbocycles. The van der Waals surface area contributed by atoms with E-state index in [2.05, 4.69) is 20.3 Å². The lowest BCUT2D eigenvalue weighted by atomic mass is 10.6. The smallest absolute Gasteiger partial charge is 0.0186 e. The van der Waals surface area contributed by atoms with E-state index in [1.165, 1.54) is 6.42 Å². The van der Waals surface area contributed by atoms with Gasteiger partial charge in [-0.3, -0.25) is 0 Å². The average molecular weight is 119 g/mol. The Morgan fingerprint density at radius 1 is 1.43 bits per heavy atom. The van der Waals surface area contributed by atoms with Crippen LogP contribution in [0.25, 0.3) is 0 Å². The van der Waals surface area contributed by atoms with Crippen LogP contribution in [0.4, 0.5) is 0 Å². The molecule has 0 aromatic rings. The summed E-state index contributed by atoms with van der Waals surface area (Å²) in [4.78, 5) is 0. The van der Waals surface area contributed by atoms with E-state index in [0.29, 0.717) is 0 Å². The highest BCUT2D eigenvalue weighted by atomic mass is 31.2. The van der Waals surface area contributed by atoms with Gasteiger partial charge >= 0.3 is 0 Å². The number of nitrogens with one attached hydrogen (secondary N) is 1. The van der Waals surface area contributed by atoms with Crippen molar-refractivity contribution < 1.29 is 0 Å². The predicted molar refractivity (Wildman–Crippen MR) is 36.6 cm³/mol. The summed E-state index contributed by atoms with van der Waals surface area (Å²) in [5.41, 5.74) is 0. The Bertz CT molecular complexity index is 82.1. The van der Waals surface area contributed by atoms with Gasteiger partial charge in [0, 0.05) is 0 Å². The Labute approximate surface area is 46.0 Å². The van der Waals surface area contributed by atoms with Crippen LogP contribution < -0.4 is 0 Å². The molecule has 0 aliphatic rings. The van der Waals surface area contributed by atoms with Crippen LogP contribution in [0.15, 0.2) is 0 Å². The van der Waals surface area contributed by atoms with Crippen LogP contribution in [0.1, 0.15) is 13.3 Å². The van der Waals surface area contributed by atoms with Gasteiger partial charge in [0.15, 0.2) is 0 Å². The van der Waals surface area contributed by atoms with Gasteiger partial charge < -0.3 is 5.16 Å². The fraction of sp³-hybridized carbons (Fsp3) is 1.00. The van der Waals surface area contributed by atoms with Gasteiger partial charge in [0.2, 0.25) is 0 Å². The van der Waals surface area contributed by atoms with E-state index in [1.54, 1.807) is 0 Å². The molecule has 44 valence electrons. The molecular formula is C5H14NP. The fourth-order valence-corrected chi connectivity index (χ4v) is 1.68. The van der Waals surface area contributed by atoms with Crippen LogP contribution in [-0.4, -0.2) is 19.5 Å². The molecule has 0 aliphatic heterocycles. The van der Waals surface area contributed by atoms with Crippen molar-refractivity contribution in [3.63, 3.8) is 0 Å². The third-order valence-corrected chi connectivity index (χ3v) is 2.35. The molecule has 1 nitrogen and oxygen atoms in total. The summed E-state index contributed by atoms with van der Waals surface area (Å²) in [5, 5.41) is 7.44. The second-order valence-electron chi connectivity index (χ2n) is 2.41. The van der Waals surface area contributed by atoms with E-state index in [9.17, 15) is 0 Å². The molecule has 0 unspecified atom stereocenters. The lowest BCUT2D eigenvalue weighted by Gasteiger charge is -2.05. The Hall–Kier alpha value is 0.230. The first-order chi connectivity index (χ1) is 3.06. The maximum atomic E-state index is 7.44. The Balaban J connectivity index is 3.36. The standard InChI is InChI=1S/C5H14NP/c1-4-5-7(2,3)6/h6H,4-5H2,1-3H3. The molecule has 0 spiro atoms. The van der Waals surface area contributed by atoms with Crippen molar-refractivity contribution in [1.82, 2.24) is 0 Å². The molecule has 1 N–H and O–H groups in total. The van der Waals surface area contributed by atoms with E-state index < -0.39 is 7.05 Å². The first-order valence-corrected chi connectivity index (χ1v) is 5.51. The van der Waals surface area contributed by atoms with Crippen LogP contribution in [0, 0.1) is 5.16 Å². The SMILES string of the molecule is CCCP(C)(C)=N. The van der Waals surface area contributed by atoms with Gasteiger partial charge in [0.05, 0.1) is 0 Å². The van der Waals surface area contributed by atoms with Crippen molar-refractivity contribution in [2.45, 2.75) is 13.3 Å². The highest BCUT2D eigenvalue weighted by Gasteiger charge is 1.96. The number of rotatable bonds is 2. The minimum Gasteiger partial charge on any atom is -0.319 e. The second-order valence-corrected chi connectivity index (χ2v) is 6.23. The molecule has 0 saturated heterocycles. The summed E-state index contributed by atoms with van der Waals surface area (Å²) in [7, 11) is -1.17. The van der Waals surface area contributed by atoms with Gasteiger partial charge in [-0.2, -0.15) is 0 Å². The quantitative estimate of drug-likeness (QED) is 0.540. The van der Waals surface area contributed by atoms with Gasteiger partial charge in [-0.05, 0) is 26.5 Å². The van der Waals surface area contributed by atoms with Crippen molar-refractivity contribution in [3.05, 3.63) is 0 Å². The first-order valence-electron chi connectivity index (χ1n) is 2.64. The molecule has 0 rings (SSSR count). The molecule has 0 aliphatic carbocycles. The lowest BCUT2D eigenvalue weighted by molar-refractivity contribution is 1.09. The minimum atomic E-state index is -1.17. The van der Waals surface area contributed by atoms with E-state index in [-0.39, 0.29) is 0 Å². The largest absolute Gasteiger partial charge is 0.319 e. The van der Waals surface area contributed by atoms with Gasteiger partial charge in [0.1, 0.15) is 0 Å². The van der Waals surface area contributed by atoms with Crippen LogP contribution in [0.3, 0.4) is 0 Å². The molecule has 0 aromatic heterocycles. The van der Waals surface area contributed by atoms with Crippen molar-refractivity contribution in [1.29, 1.82) is 5.16 Å². The third kappa shape index (κ3) is 6.23. The third-order valence-electron chi connectivity index (χ3n) is 0.783. The van der Waals surface area contributed by atoms with E-state index in [0.717, 1.165) is 6.16 Å². The molecule has 0 aromatic carbocycles. The molecule has 7 heavy (non-hydrogen) atoms. The zero-order chi connectivity index (χ0) is 5.91. The summed E-state index contributed by atoms with van der Waals surface area (Å²) in [5.74, 6) is 0. The maximum Gasteiger partial charge on any atom is -0.0186 e. The van der Waals surface area contributed by atoms with Crippen molar-refractivity contribution >= 4 is 7.05 Å². The molecule has 2 heteroatoms. The highest BCUT2D eigenvalue weighted by molar-refractivity contribution is 7.63. The van der Waals surface area contributed by atoms with Crippen LogP contribution >= 0.6 is 7.05 Å². The first kappa shape index (κ1) is 7.23. The molecule has 0 fully saturated rings. The Morgan fingerprint density at radius 3 is 1.86 bits per heavy atom. The Morgan fingerprint density at radius 2 is 1.86 bits per heavy atom. The average Bonchev–Trinajstić information content (AvgIpc) is 1.30. The maximum absolute atomic E-state index is 7.44. The van der Waals surface area contributed by atoms with E-state index in [4.69, 9.17) is 5.16 Å². The molecule has 0 atom stereocenters. The zero-order valence-electron chi connectivity index (χ0n) is 5.36. The number of hydrogen-bond acceptors (Lipinski definition) is 1. The summed E-state index contributed by atoms with van der Waals surface area (Å²) in [6, 6.07) is 0. The second kappa shape index (κ2) is 2.52. The minimum absolute atomic E-state index is 1.12. The lowest BCUT2D eigenvalue weighted by Crippen LogP contribution is -1.79. The highest BCUT2D eigenvalue weighted by Crippen LogP contribution is 2.36. The van der Waals surface area contributed by atoms with Gasteiger partial charge in [0.25, 0.3) is 0 Å². The summed E-state index contributed by atoms with van der Waals surface area (Å²) in [6.07, 6.45) is 2.29. The molecule has 0 amide bonds. The van der Waals surface area contributed by atoms with E-state index >= 15 is 0 Å². The van der Waals surface area contributed by atoms with Crippen LogP contribution in [0.2, 0.25) is 0 Å². The van der Waals surface area contributed by atoms with Gasteiger partial charge in [-0.25, -0.2) is 0 Å². The fourth-order valence-electron chi connectivity index (χ4n) is 0.559. The molecule has 0 heterocycles. The molecular weight excluding hydrogens is 105 g/mol. The van der Waals surface area contributed by atoms with Gasteiger partial charge in [-0.15, -0.1) is 0 Å². The van der Waals surface area contributed by atoms with Crippen molar-refractivity contribution in [2.75, 3.05) is 19.5 Å². The summed E-state index contributed by atoms with van der Waals surface area (Å²) < 4.78 is 0. The van der Waals surface area contributed by atoms with Crippen LogP contribution in [-0.2, 0) is 0 Å². The molecule has 0 radical (unpaired) electrons. The molecule has 0 bridgehead atoms. The summed E-state index contributed by atoms with van der Waals surface area (Å²) in [6.45, 7) is 6.24. The predicted octanol–water partition coefficient (Wildman–Crippen LogP) is 2.44. The summed E-state index contributed by atoms with van der Waals surface area (Å²) >= 11 is 0. The zero-order valence-corrected chi connectivity index (χ0v) is 6.26. The number of hydrogen-bond donors (Lipinski definition) is 1. The van der Waals surface area contributed by atoms with E-state index in [1.807, 2.05) is 0 Å². The van der Waals surface area contributed by atoms with Crippen molar-refractivity contribution in [3.8, 4) is 0 Å². The Kier molecular flexibility index (Phi) is 2.60. The monoisotopic (exact) mass is 119 g/mol. The van der Waals surface area contributed by atoms with Gasteiger partial charge in [-0.1, -0.05) is 13.3 Å².